The number of aromatic nitrogens is 2. The van der Waals surface area contributed by atoms with Gasteiger partial charge in [-0.1, -0.05) is 26.2 Å². The van der Waals surface area contributed by atoms with Crippen molar-refractivity contribution in [3.8, 4) is 0 Å². The van der Waals surface area contributed by atoms with E-state index < -0.39 is 6.10 Å². The van der Waals surface area contributed by atoms with Crippen LogP contribution in [0.1, 0.15) is 44.5 Å². The molecule has 0 aliphatic rings. The quantitative estimate of drug-likeness (QED) is 0.510. The molecule has 2 N–H and O–H groups in total. The van der Waals surface area contributed by atoms with Gasteiger partial charge in [-0.2, -0.15) is 0 Å². The standard InChI is InChI=1S/C12H20N2O3/c1-2-3-4-5-10(8-15)11(17-9-16)12-13-6-7-14-12/h6-7,9-11,15H,2-5,8H2,1H3,(H,13,14). The molecule has 1 rings (SSSR count). The molecule has 0 aliphatic heterocycles. The second-order valence-corrected chi connectivity index (χ2v) is 4.07. The SMILES string of the molecule is CCCCCC(CO)C(OC=O)c1ncc[nH]1. The maximum absolute atomic E-state index is 10.5. The lowest BCUT2D eigenvalue weighted by atomic mass is 9.95. The van der Waals surface area contributed by atoms with E-state index in [1.54, 1.807) is 12.4 Å². The molecule has 2 unspecified atom stereocenters. The number of nitrogens with zero attached hydrogens (tertiary/aromatic N) is 1. The molecule has 0 aromatic carbocycles. The number of carbonyl (C=O) groups excluding carboxylic acids is 1. The molecule has 0 radical (unpaired) electrons. The minimum Gasteiger partial charge on any atom is -0.456 e. The molecule has 5 nitrogen and oxygen atoms in total. The number of aromatic amines is 1. The van der Waals surface area contributed by atoms with Crippen LogP contribution in [0, 0.1) is 5.92 Å². The van der Waals surface area contributed by atoms with Crippen molar-refractivity contribution >= 4 is 6.47 Å². The summed E-state index contributed by atoms with van der Waals surface area (Å²) in [6.07, 6.45) is 6.88. The number of hydrogen-bond donors (Lipinski definition) is 2. The van der Waals surface area contributed by atoms with Gasteiger partial charge in [0.05, 0.1) is 0 Å². The van der Waals surface area contributed by atoms with Crippen molar-refractivity contribution in [1.29, 1.82) is 0 Å². The van der Waals surface area contributed by atoms with E-state index in [1.807, 2.05) is 0 Å². The van der Waals surface area contributed by atoms with Crippen LogP contribution in [0.3, 0.4) is 0 Å². The maximum Gasteiger partial charge on any atom is 0.293 e. The molecule has 5 heteroatoms. The first-order valence-electron chi connectivity index (χ1n) is 6.02. The Morgan fingerprint density at radius 3 is 2.94 bits per heavy atom. The van der Waals surface area contributed by atoms with Gasteiger partial charge in [0.25, 0.3) is 6.47 Å². The zero-order chi connectivity index (χ0) is 12.5. The number of ether oxygens (including phenoxy) is 1. The third-order valence-electron chi connectivity index (χ3n) is 2.83. The van der Waals surface area contributed by atoms with Crippen LogP contribution in [0.2, 0.25) is 0 Å². The Labute approximate surface area is 101 Å². The average molecular weight is 240 g/mol. The van der Waals surface area contributed by atoms with Gasteiger partial charge in [-0.3, -0.25) is 4.79 Å². The molecule has 0 spiro atoms. The van der Waals surface area contributed by atoms with Crippen molar-refractivity contribution in [1.82, 2.24) is 9.97 Å². The summed E-state index contributed by atoms with van der Waals surface area (Å²) in [4.78, 5) is 17.5. The predicted molar refractivity (Wildman–Crippen MR) is 63.2 cm³/mol. The molecule has 0 fully saturated rings. The van der Waals surface area contributed by atoms with Gasteiger partial charge in [-0.05, 0) is 6.42 Å². The molecule has 0 aliphatic carbocycles. The number of nitrogens with one attached hydrogen (secondary N) is 1. The molecule has 0 saturated heterocycles. The van der Waals surface area contributed by atoms with Gasteiger partial charge >= 0.3 is 0 Å². The molecule has 17 heavy (non-hydrogen) atoms. The number of unbranched alkanes of at least 4 members (excludes halogenated alkanes) is 2. The predicted octanol–water partition coefficient (Wildman–Crippen LogP) is 1.81. The first kappa shape index (κ1) is 13.7. The first-order chi connectivity index (χ1) is 8.33. The Kier molecular flexibility index (Phi) is 6.32. The van der Waals surface area contributed by atoms with Gasteiger partial charge in [0, 0.05) is 24.9 Å². The number of aliphatic hydroxyl groups excluding tert-OH is 1. The summed E-state index contributed by atoms with van der Waals surface area (Å²) in [6.45, 7) is 2.53. The highest BCUT2D eigenvalue weighted by atomic mass is 16.5. The molecule has 2 atom stereocenters. The van der Waals surface area contributed by atoms with E-state index in [-0.39, 0.29) is 12.5 Å². The zero-order valence-electron chi connectivity index (χ0n) is 10.1. The van der Waals surface area contributed by atoms with Crippen molar-refractivity contribution < 1.29 is 14.6 Å². The number of imidazole rings is 1. The zero-order valence-corrected chi connectivity index (χ0v) is 10.1. The van der Waals surface area contributed by atoms with Gasteiger partial charge in [0.2, 0.25) is 0 Å². The lowest BCUT2D eigenvalue weighted by molar-refractivity contribution is -0.138. The molecule has 1 aromatic heterocycles. The summed E-state index contributed by atoms with van der Waals surface area (Å²) in [5.41, 5.74) is 0. The van der Waals surface area contributed by atoms with Crippen molar-refractivity contribution in [2.45, 2.75) is 38.7 Å². The lowest BCUT2D eigenvalue weighted by Crippen LogP contribution is -2.20. The van der Waals surface area contributed by atoms with E-state index in [0.29, 0.717) is 12.3 Å². The van der Waals surface area contributed by atoms with Crippen LogP contribution in [0.15, 0.2) is 12.4 Å². The number of rotatable bonds is 9. The van der Waals surface area contributed by atoms with Crippen LogP contribution in [0.25, 0.3) is 0 Å². The van der Waals surface area contributed by atoms with E-state index in [4.69, 9.17) is 4.74 Å². The minimum absolute atomic E-state index is 0.0110. The largest absolute Gasteiger partial charge is 0.456 e. The highest BCUT2D eigenvalue weighted by molar-refractivity contribution is 5.38. The number of hydrogen-bond acceptors (Lipinski definition) is 4. The van der Waals surface area contributed by atoms with Crippen LogP contribution in [-0.2, 0) is 9.53 Å². The van der Waals surface area contributed by atoms with Gasteiger partial charge in [0.1, 0.15) is 5.82 Å². The van der Waals surface area contributed by atoms with Crippen LogP contribution in [0.5, 0.6) is 0 Å². The van der Waals surface area contributed by atoms with E-state index in [2.05, 4.69) is 16.9 Å². The Morgan fingerprint density at radius 1 is 1.59 bits per heavy atom. The van der Waals surface area contributed by atoms with E-state index in [0.717, 1.165) is 25.7 Å². The first-order valence-corrected chi connectivity index (χ1v) is 6.02. The minimum atomic E-state index is -0.482. The maximum atomic E-state index is 10.5. The summed E-state index contributed by atoms with van der Waals surface area (Å²) < 4.78 is 5.04. The summed E-state index contributed by atoms with van der Waals surface area (Å²) in [5, 5.41) is 9.38. The topological polar surface area (TPSA) is 75.2 Å². The monoisotopic (exact) mass is 240 g/mol. The molecule has 1 aromatic rings. The number of carbonyl (C=O) groups is 1. The summed E-state index contributed by atoms with van der Waals surface area (Å²) in [5.74, 6) is 0.491. The van der Waals surface area contributed by atoms with Crippen molar-refractivity contribution in [2.75, 3.05) is 6.61 Å². The molecule has 0 bridgehead atoms. The van der Waals surface area contributed by atoms with Gasteiger partial charge in [-0.25, -0.2) is 4.98 Å². The van der Waals surface area contributed by atoms with Crippen LogP contribution < -0.4 is 0 Å². The van der Waals surface area contributed by atoms with E-state index in [1.165, 1.54) is 0 Å². The second-order valence-electron chi connectivity index (χ2n) is 4.07. The lowest BCUT2D eigenvalue weighted by Gasteiger charge is -2.22. The fraction of sp³-hybridized carbons (Fsp3) is 0.667. The summed E-state index contributed by atoms with van der Waals surface area (Å²) >= 11 is 0. The Hall–Kier alpha value is -1.36. The van der Waals surface area contributed by atoms with Crippen molar-refractivity contribution in [3.63, 3.8) is 0 Å². The van der Waals surface area contributed by atoms with Gasteiger partial charge in [0.15, 0.2) is 6.10 Å². The smallest absolute Gasteiger partial charge is 0.293 e. The molecule has 1 heterocycles. The summed E-state index contributed by atoms with van der Waals surface area (Å²) in [6, 6.07) is 0. The Bertz CT molecular complexity index is 301. The molecular formula is C12H20N2O3. The molecular weight excluding hydrogens is 220 g/mol. The van der Waals surface area contributed by atoms with Crippen LogP contribution >= 0.6 is 0 Å². The normalized spacial score (nSPS) is 14.2. The highest BCUT2D eigenvalue weighted by Crippen LogP contribution is 2.27. The van der Waals surface area contributed by atoms with E-state index in [9.17, 15) is 9.90 Å². The molecule has 96 valence electrons. The third-order valence-corrected chi connectivity index (χ3v) is 2.83. The second kappa shape index (κ2) is 7.84. The number of H-pyrrole nitrogens is 1. The van der Waals surface area contributed by atoms with Gasteiger partial charge < -0.3 is 14.8 Å². The number of aliphatic hydroxyl groups is 1. The van der Waals surface area contributed by atoms with Crippen molar-refractivity contribution in [2.24, 2.45) is 5.92 Å². The molecule has 0 saturated carbocycles. The third kappa shape index (κ3) is 4.19. The molecule has 0 amide bonds. The fourth-order valence-electron chi connectivity index (χ4n) is 1.89. The Balaban J connectivity index is 2.62. The van der Waals surface area contributed by atoms with Crippen LogP contribution in [-0.4, -0.2) is 28.2 Å². The highest BCUT2D eigenvalue weighted by Gasteiger charge is 2.25. The fourth-order valence-corrected chi connectivity index (χ4v) is 1.89. The van der Waals surface area contributed by atoms with Crippen LogP contribution in [0.4, 0.5) is 0 Å². The van der Waals surface area contributed by atoms with E-state index >= 15 is 0 Å². The summed E-state index contributed by atoms with van der Waals surface area (Å²) in [7, 11) is 0. The van der Waals surface area contributed by atoms with Crippen molar-refractivity contribution in [3.05, 3.63) is 18.2 Å². The Morgan fingerprint density at radius 2 is 2.41 bits per heavy atom. The van der Waals surface area contributed by atoms with Gasteiger partial charge in [-0.15, -0.1) is 0 Å². The average Bonchev–Trinajstić information content (AvgIpc) is 2.86.